The van der Waals surface area contributed by atoms with E-state index < -0.39 is 34.3 Å². The van der Waals surface area contributed by atoms with Gasteiger partial charge in [0.05, 0.1) is 10.6 Å². The number of alkyl halides is 3. The van der Waals surface area contributed by atoms with Crippen molar-refractivity contribution < 1.29 is 26.9 Å². The summed E-state index contributed by atoms with van der Waals surface area (Å²) < 4.78 is 58.5. The standard InChI is InChI=1S/C15H13F2N3O.C12H13ClFNO2S.C2H2O.C2H2/c16-13(17)14-18-11-9-5-1-2-6-10(9)21-12(11)15(19-14)20-7-3-4-8-20;13-8-5-9(10(16)15-6-8)12(14)3-4-18(17)11(7-12)1-2-11;1-2-3;1-2/h1-2,5-6,13H,3-4,7-8H2;5-6H,1-4,7H2,(H,15,16);1,3H;1-2H/t;12-,18?;;/m.0../s1. The van der Waals surface area contributed by atoms with Crippen LogP contribution in [0.15, 0.2) is 45.7 Å². The van der Waals surface area contributed by atoms with Crippen molar-refractivity contribution in [3.8, 4) is 25.4 Å². The maximum atomic E-state index is 15.0. The van der Waals surface area contributed by atoms with Crippen LogP contribution in [0.3, 0.4) is 0 Å². The first-order chi connectivity index (χ1) is 21.1. The zero-order chi connectivity index (χ0) is 32.1. The molecule has 1 saturated carbocycles. The number of rotatable bonds is 3. The average molecular weight is 647 g/mol. The molecule has 2 aliphatic heterocycles. The molecule has 3 aliphatic rings. The first-order valence-electron chi connectivity index (χ1n) is 13.7. The smallest absolute Gasteiger partial charge is 0.297 e. The Bertz CT molecular complexity index is 1780. The molecular weight excluding hydrogens is 617 g/mol. The number of aromatic amines is 1. The van der Waals surface area contributed by atoms with Crippen molar-refractivity contribution in [3.63, 3.8) is 0 Å². The molecule has 0 amide bonds. The number of aliphatic hydroxyl groups is 1. The molecule has 1 unspecified atom stereocenters. The summed E-state index contributed by atoms with van der Waals surface area (Å²) in [5.41, 5.74) is -0.430. The lowest BCUT2D eigenvalue weighted by atomic mass is 9.88. The van der Waals surface area contributed by atoms with Gasteiger partial charge in [-0.25, -0.2) is 23.1 Å². The van der Waals surface area contributed by atoms with Gasteiger partial charge in [0.2, 0.25) is 0 Å². The van der Waals surface area contributed by atoms with E-state index in [0.717, 1.165) is 44.2 Å². The van der Waals surface area contributed by atoms with Crippen LogP contribution in [0.1, 0.15) is 56.3 Å². The molecular formula is C31H30ClF3N4O4S. The van der Waals surface area contributed by atoms with Crippen LogP contribution in [0.25, 0.3) is 22.1 Å². The van der Waals surface area contributed by atoms with Gasteiger partial charge in [-0.05, 0) is 50.3 Å². The Labute approximate surface area is 259 Å². The number of hydrogen-bond donors (Lipinski definition) is 2. The second-order valence-electron chi connectivity index (χ2n) is 10.5. The summed E-state index contributed by atoms with van der Waals surface area (Å²) in [6, 6.07) is 8.73. The Kier molecular flexibility index (Phi) is 10.3. The Morgan fingerprint density at radius 3 is 2.45 bits per heavy atom. The molecule has 5 heterocycles. The molecule has 1 aliphatic carbocycles. The molecule has 0 bridgehead atoms. The molecule has 4 aromatic rings. The number of H-pyrrole nitrogens is 1. The fourth-order valence-electron chi connectivity index (χ4n) is 5.55. The molecule has 2 atom stereocenters. The molecule has 44 heavy (non-hydrogen) atoms. The topological polar surface area (TPSA) is 112 Å². The van der Waals surface area contributed by atoms with Gasteiger partial charge in [0, 0.05) is 52.4 Å². The van der Waals surface area contributed by atoms with Crippen molar-refractivity contribution in [2.24, 2.45) is 0 Å². The van der Waals surface area contributed by atoms with E-state index in [1.807, 2.05) is 29.2 Å². The van der Waals surface area contributed by atoms with E-state index in [1.165, 1.54) is 18.4 Å². The highest BCUT2D eigenvalue weighted by molar-refractivity contribution is 7.86. The fraction of sp³-hybridized carbons (Fsp3) is 0.387. The van der Waals surface area contributed by atoms with E-state index in [-0.39, 0.29) is 23.2 Å². The second kappa shape index (κ2) is 13.7. The van der Waals surface area contributed by atoms with E-state index in [4.69, 9.17) is 21.1 Å². The second-order valence-corrected chi connectivity index (χ2v) is 12.9. The molecule has 1 spiro atoms. The highest BCUT2D eigenvalue weighted by atomic mass is 35.5. The third-order valence-electron chi connectivity index (χ3n) is 7.75. The number of para-hydroxylation sites is 1. The van der Waals surface area contributed by atoms with E-state index in [2.05, 4.69) is 34.2 Å². The summed E-state index contributed by atoms with van der Waals surface area (Å²) in [5, 5.41) is 8.16. The minimum Gasteiger partial charge on any atom is -0.462 e. The number of halogens is 4. The molecule has 3 fully saturated rings. The van der Waals surface area contributed by atoms with Crippen molar-refractivity contribution >= 4 is 50.3 Å². The van der Waals surface area contributed by atoms with Crippen LogP contribution in [-0.2, 0) is 16.5 Å². The van der Waals surface area contributed by atoms with Gasteiger partial charge in [0.1, 0.15) is 22.9 Å². The lowest BCUT2D eigenvalue weighted by Crippen LogP contribution is -2.41. The average Bonchev–Trinajstić information content (AvgIpc) is 3.40. The SMILES string of the molecule is C#C.C#CO.FC(F)c1nc(N2CCCC2)c2oc3ccccc3c2n1.O=c1[nH]cc(Cl)cc1[C@]1(F)CCS(=O)C2(CC2)C1. The van der Waals surface area contributed by atoms with Gasteiger partial charge >= 0.3 is 0 Å². The van der Waals surface area contributed by atoms with Gasteiger partial charge in [-0.1, -0.05) is 30.2 Å². The number of aromatic nitrogens is 3. The zero-order valence-electron chi connectivity index (χ0n) is 23.6. The van der Waals surface area contributed by atoms with Crippen LogP contribution < -0.4 is 10.5 Å². The summed E-state index contributed by atoms with van der Waals surface area (Å²) in [6.45, 7) is 1.62. The quantitative estimate of drug-likeness (QED) is 0.248. The van der Waals surface area contributed by atoms with Crippen molar-refractivity contribution in [1.82, 2.24) is 15.0 Å². The molecule has 13 heteroatoms. The van der Waals surface area contributed by atoms with E-state index in [9.17, 15) is 17.8 Å². The van der Waals surface area contributed by atoms with E-state index in [1.54, 1.807) is 0 Å². The van der Waals surface area contributed by atoms with Gasteiger partial charge < -0.3 is 19.4 Å². The summed E-state index contributed by atoms with van der Waals surface area (Å²) in [5.74, 6) is 0.377. The first-order valence-corrected chi connectivity index (χ1v) is 15.4. The van der Waals surface area contributed by atoms with Crippen LogP contribution >= 0.6 is 11.6 Å². The summed E-state index contributed by atoms with van der Waals surface area (Å²) in [6.07, 6.45) is 16.0. The molecule has 8 nitrogen and oxygen atoms in total. The van der Waals surface area contributed by atoms with Gasteiger partial charge in [-0.3, -0.25) is 9.00 Å². The Morgan fingerprint density at radius 1 is 1.16 bits per heavy atom. The van der Waals surface area contributed by atoms with Crippen molar-refractivity contribution in [2.45, 2.75) is 55.4 Å². The van der Waals surface area contributed by atoms with Gasteiger partial charge in [-0.15, -0.1) is 12.8 Å². The molecule has 1 aromatic carbocycles. The lowest BCUT2D eigenvalue weighted by molar-refractivity contribution is 0.132. The predicted octanol–water partition coefficient (Wildman–Crippen LogP) is 6.38. The molecule has 232 valence electrons. The number of nitrogens with zero attached hydrogens (tertiary/aromatic N) is 3. The number of terminal acetylenes is 2. The van der Waals surface area contributed by atoms with Crippen molar-refractivity contribution in [1.29, 1.82) is 0 Å². The molecule has 7 rings (SSSR count). The Hall–Kier alpha value is -4.00. The number of anilines is 1. The number of furan rings is 1. The van der Waals surface area contributed by atoms with Crippen LogP contribution in [-0.4, -0.2) is 47.9 Å². The maximum Gasteiger partial charge on any atom is 0.297 e. The van der Waals surface area contributed by atoms with Crippen LogP contribution in [0.2, 0.25) is 5.02 Å². The largest absolute Gasteiger partial charge is 0.462 e. The predicted molar refractivity (Wildman–Crippen MR) is 165 cm³/mol. The third kappa shape index (κ3) is 6.72. The van der Waals surface area contributed by atoms with Crippen molar-refractivity contribution in [3.05, 3.63) is 63.3 Å². The highest BCUT2D eigenvalue weighted by Crippen LogP contribution is 2.55. The van der Waals surface area contributed by atoms with Crippen molar-refractivity contribution in [2.75, 3.05) is 23.7 Å². The number of aliphatic hydroxyl groups excluding tert-OH is 1. The number of benzene rings is 1. The molecule has 2 saturated heterocycles. The Morgan fingerprint density at radius 2 is 1.82 bits per heavy atom. The third-order valence-corrected chi connectivity index (χ3v) is 10.1. The summed E-state index contributed by atoms with van der Waals surface area (Å²) in [4.78, 5) is 24.3. The van der Waals surface area contributed by atoms with E-state index >= 15 is 4.39 Å². The summed E-state index contributed by atoms with van der Waals surface area (Å²) in [7, 11) is -0.957. The number of hydrogen-bond acceptors (Lipinski definition) is 7. The molecule has 0 radical (unpaired) electrons. The lowest BCUT2D eigenvalue weighted by Gasteiger charge is -2.34. The minimum atomic E-state index is -2.69. The number of nitrogens with one attached hydrogen (secondary N) is 1. The number of pyridine rings is 1. The highest BCUT2D eigenvalue weighted by Gasteiger charge is 2.58. The zero-order valence-corrected chi connectivity index (χ0v) is 25.1. The van der Waals surface area contributed by atoms with Crippen LogP contribution in [0.5, 0.6) is 0 Å². The van der Waals surface area contributed by atoms with Gasteiger partial charge in [0.25, 0.3) is 12.0 Å². The normalized spacial score (nSPS) is 21.4. The Balaban J connectivity index is 0.000000177. The fourth-order valence-corrected chi connectivity index (χ4v) is 7.60. The number of fused-ring (bicyclic) bond motifs is 3. The van der Waals surface area contributed by atoms with Gasteiger partial charge in [-0.2, -0.15) is 0 Å². The maximum absolute atomic E-state index is 15.0. The monoisotopic (exact) mass is 646 g/mol. The van der Waals surface area contributed by atoms with Gasteiger partial charge in [0.15, 0.2) is 17.2 Å². The van der Waals surface area contributed by atoms with Crippen LogP contribution in [0, 0.1) is 25.4 Å². The minimum absolute atomic E-state index is 0.0815. The van der Waals surface area contributed by atoms with Crippen LogP contribution in [0.4, 0.5) is 19.0 Å². The molecule has 3 aromatic heterocycles. The molecule has 2 N–H and O–H groups in total. The van der Waals surface area contributed by atoms with E-state index in [0.29, 0.717) is 33.3 Å². The first kappa shape index (κ1) is 32.9. The summed E-state index contributed by atoms with van der Waals surface area (Å²) >= 11 is 5.82.